The molecular formula is C37H44N4O6. The van der Waals surface area contributed by atoms with E-state index in [9.17, 15) is 14.4 Å². The molecule has 10 heteroatoms. The molecule has 3 N–H and O–H groups in total. The van der Waals surface area contributed by atoms with Crippen molar-refractivity contribution in [1.29, 1.82) is 0 Å². The summed E-state index contributed by atoms with van der Waals surface area (Å²) in [6, 6.07) is 16.3. The lowest BCUT2D eigenvalue weighted by Crippen LogP contribution is -2.44. The number of carbonyl (C=O) groups is 2. The summed E-state index contributed by atoms with van der Waals surface area (Å²) < 4.78 is 19.4. The predicted octanol–water partition coefficient (Wildman–Crippen LogP) is 5.46. The fourth-order valence-corrected chi connectivity index (χ4v) is 6.44. The Balaban J connectivity index is 1.44. The molecule has 4 aromatic rings. The highest BCUT2D eigenvalue weighted by atomic mass is 16.5. The van der Waals surface area contributed by atoms with Crippen LogP contribution in [-0.4, -0.2) is 50.3 Å². The highest BCUT2D eigenvalue weighted by Crippen LogP contribution is 2.50. The van der Waals surface area contributed by atoms with Crippen LogP contribution in [0.3, 0.4) is 0 Å². The molecular weight excluding hydrogens is 596 g/mol. The number of hydrogen-bond donors (Lipinski definition) is 3. The minimum Gasteiger partial charge on any atom is -0.493 e. The standard InChI is InChI=1S/C37H44N4O6/c1-22(2)34(37(44)38-17-9-18-41-19-16-24-10-7-8-11-30(24)41)40-29-15-13-26-27(21-31(29)43)28(39-23(3)42)14-12-25-20-32(45-4)35(46-5)36(47-6)33(25)26/h7-8,10-11,13,15-16,19-22,28,34H,9,12,14,17-18H2,1-6H3,(H,38,44)(H,39,42)(H,40,43). The molecule has 0 bridgehead atoms. The van der Waals surface area contributed by atoms with Gasteiger partial charge < -0.3 is 34.7 Å². The van der Waals surface area contributed by atoms with E-state index in [0.717, 1.165) is 35.2 Å². The van der Waals surface area contributed by atoms with Crippen LogP contribution in [-0.2, 0) is 22.6 Å². The van der Waals surface area contributed by atoms with Crippen molar-refractivity contribution in [2.45, 2.75) is 58.7 Å². The van der Waals surface area contributed by atoms with Crippen molar-refractivity contribution in [2.75, 3.05) is 33.2 Å². The number of fused-ring (bicyclic) bond motifs is 4. The normalized spacial score (nSPS) is 14.4. The van der Waals surface area contributed by atoms with Gasteiger partial charge in [0.05, 0.1) is 33.1 Å². The monoisotopic (exact) mass is 640 g/mol. The van der Waals surface area contributed by atoms with Crippen molar-refractivity contribution in [1.82, 2.24) is 15.2 Å². The zero-order valence-electron chi connectivity index (χ0n) is 27.9. The van der Waals surface area contributed by atoms with E-state index >= 15 is 0 Å². The average Bonchev–Trinajstić information content (AvgIpc) is 3.32. The second-order valence-corrected chi connectivity index (χ2v) is 12.2. The van der Waals surface area contributed by atoms with E-state index in [1.165, 1.54) is 12.3 Å². The maximum absolute atomic E-state index is 13.8. The van der Waals surface area contributed by atoms with Crippen LogP contribution in [0.25, 0.3) is 22.0 Å². The molecule has 3 aromatic carbocycles. The first-order chi connectivity index (χ1) is 22.7. The van der Waals surface area contributed by atoms with Crippen LogP contribution in [0.2, 0.25) is 0 Å². The smallest absolute Gasteiger partial charge is 0.242 e. The van der Waals surface area contributed by atoms with E-state index in [1.807, 2.05) is 38.1 Å². The van der Waals surface area contributed by atoms with Gasteiger partial charge in [0.15, 0.2) is 11.5 Å². The summed E-state index contributed by atoms with van der Waals surface area (Å²) in [6.45, 7) is 6.62. The molecule has 0 saturated heterocycles. The highest BCUT2D eigenvalue weighted by molar-refractivity contribution is 5.86. The van der Waals surface area contributed by atoms with Gasteiger partial charge in [-0.3, -0.25) is 14.4 Å². The highest BCUT2D eigenvalue weighted by Gasteiger charge is 2.30. The molecule has 2 atom stereocenters. The van der Waals surface area contributed by atoms with Crippen LogP contribution in [0.15, 0.2) is 65.6 Å². The Hall–Kier alpha value is -4.99. The van der Waals surface area contributed by atoms with Crippen molar-refractivity contribution in [3.05, 3.63) is 82.1 Å². The van der Waals surface area contributed by atoms with Gasteiger partial charge in [0, 0.05) is 37.3 Å². The first-order valence-corrected chi connectivity index (χ1v) is 16.0. The van der Waals surface area contributed by atoms with Gasteiger partial charge in [-0.25, -0.2) is 0 Å². The summed E-state index contributed by atoms with van der Waals surface area (Å²) in [5, 5.41) is 10.5. The van der Waals surface area contributed by atoms with Crippen LogP contribution in [0.5, 0.6) is 17.2 Å². The second kappa shape index (κ2) is 14.6. The van der Waals surface area contributed by atoms with Gasteiger partial charge in [-0.2, -0.15) is 0 Å². The molecule has 5 rings (SSSR count). The Kier molecular flexibility index (Phi) is 10.4. The van der Waals surface area contributed by atoms with E-state index < -0.39 is 12.1 Å². The Morgan fingerprint density at radius 2 is 1.74 bits per heavy atom. The molecule has 1 aliphatic carbocycles. The fraction of sp³-hybridized carbons (Fsp3) is 0.378. The molecule has 0 aliphatic heterocycles. The van der Waals surface area contributed by atoms with E-state index in [0.29, 0.717) is 42.2 Å². The van der Waals surface area contributed by atoms with Gasteiger partial charge in [-0.1, -0.05) is 38.1 Å². The van der Waals surface area contributed by atoms with Gasteiger partial charge >= 0.3 is 0 Å². The number of nitrogens with one attached hydrogen (secondary N) is 3. The van der Waals surface area contributed by atoms with Gasteiger partial charge in [0.1, 0.15) is 6.04 Å². The summed E-state index contributed by atoms with van der Waals surface area (Å²) in [7, 11) is 4.68. The van der Waals surface area contributed by atoms with Crippen LogP contribution in [0.1, 0.15) is 50.8 Å². The first kappa shape index (κ1) is 33.4. The number of carbonyl (C=O) groups excluding carboxylic acids is 2. The van der Waals surface area contributed by atoms with E-state index in [2.05, 4.69) is 44.9 Å². The van der Waals surface area contributed by atoms with Crippen molar-refractivity contribution in [3.63, 3.8) is 0 Å². The lowest BCUT2D eigenvalue weighted by Gasteiger charge is -2.22. The molecule has 2 unspecified atom stereocenters. The van der Waals surface area contributed by atoms with Gasteiger partial charge in [-0.05, 0) is 77.6 Å². The minimum atomic E-state index is -0.644. The third kappa shape index (κ3) is 7.06. The Bertz CT molecular complexity index is 1830. The molecule has 248 valence electrons. The van der Waals surface area contributed by atoms with Gasteiger partial charge in [0.2, 0.25) is 23.0 Å². The minimum absolute atomic E-state index is 0.101. The van der Waals surface area contributed by atoms with E-state index in [4.69, 9.17) is 14.2 Å². The quantitative estimate of drug-likeness (QED) is 0.176. The second-order valence-electron chi connectivity index (χ2n) is 12.2. The van der Waals surface area contributed by atoms with Crippen LogP contribution < -0.4 is 35.6 Å². The summed E-state index contributed by atoms with van der Waals surface area (Å²) in [4.78, 5) is 39.5. The number of hydrogen-bond acceptors (Lipinski definition) is 7. The number of methoxy groups -OCH3 is 3. The fourth-order valence-electron chi connectivity index (χ4n) is 6.44. The van der Waals surface area contributed by atoms with E-state index in [1.54, 1.807) is 33.5 Å². The third-order valence-corrected chi connectivity index (χ3v) is 8.73. The topological polar surface area (TPSA) is 120 Å². The lowest BCUT2D eigenvalue weighted by molar-refractivity contribution is -0.122. The Morgan fingerprint density at radius 1 is 0.979 bits per heavy atom. The van der Waals surface area contributed by atoms with Crippen LogP contribution >= 0.6 is 0 Å². The molecule has 0 saturated carbocycles. The van der Waals surface area contributed by atoms with E-state index in [-0.39, 0.29) is 28.8 Å². The number of aryl methyl sites for hydroxylation is 2. The molecule has 0 radical (unpaired) electrons. The number of ether oxygens (including phenoxy) is 3. The molecule has 1 aliphatic rings. The molecule has 2 amide bonds. The number of nitrogens with zero attached hydrogens (tertiary/aromatic N) is 1. The molecule has 0 fully saturated rings. The Labute approximate surface area is 275 Å². The summed E-state index contributed by atoms with van der Waals surface area (Å²) >= 11 is 0. The molecule has 1 aromatic heterocycles. The lowest BCUT2D eigenvalue weighted by atomic mass is 9.95. The molecule has 10 nitrogen and oxygen atoms in total. The van der Waals surface area contributed by atoms with Gasteiger partial charge in [0.25, 0.3) is 0 Å². The molecule has 0 spiro atoms. The van der Waals surface area contributed by atoms with Gasteiger partial charge in [-0.15, -0.1) is 0 Å². The van der Waals surface area contributed by atoms with Crippen molar-refractivity contribution >= 4 is 28.4 Å². The summed E-state index contributed by atoms with van der Waals surface area (Å²) in [5.41, 5.74) is 4.25. The summed E-state index contributed by atoms with van der Waals surface area (Å²) in [6.07, 6.45) is 3.98. The number of benzene rings is 2. The predicted molar refractivity (Wildman–Crippen MR) is 184 cm³/mol. The van der Waals surface area contributed by atoms with Crippen molar-refractivity contribution < 1.29 is 23.8 Å². The number of rotatable bonds is 12. The first-order valence-electron chi connectivity index (χ1n) is 16.0. The maximum atomic E-state index is 13.8. The number of aromatic nitrogens is 1. The zero-order valence-corrected chi connectivity index (χ0v) is 27.9. The van der Waals surface area contributed by atoms with Crippen LogP contribution in [0.4, 0.5) is 5.69 Å². The summed E-state index contributed by atoms with van der Waals surface area (Å²) in [5.74, 6) is 0.967. The molecule has 1 heterocycles. The maximum Gasteiger partial charge on any atom is 0.242 e. The number of anilines is 1. The number of amides is 2. The average molecular weight is 641 g/mol. The van der Waals surface area contributed by atoms with Crippen molar-refractivity contribution in [2.24, 2.45) is 5.92 Å². The van der Waals surface area contributed by atoms with Crippen LogP contribution in [0, 0.1) is 5.92 Å². The largest absolute Gasteiger partial charge is 0.493 e. The number of para-hydroxylation sites is 1. The zero-order chi connectivity index (χ0) is 33.7. The molecule has 47 heavy (non-hydrogen) atoms. The third-order valence-electron chi connectivity index (χ3n) is 8.73. The SMILES string of the molecule is COc1cc2c(c(OC)c1OC)-c1ccc(NC(C(=O)NCCCn3ccc4ccccc43)C(C)C)c(=O)cc1C(NC(C)=O)CC2. The van der Waals surface area contributed by atoms with Crippen molar-refractivity contribution in [3.8, 4) is 28.4 Å². The Morgan fingerprint density at radius 3 is 2.45 bits per heavy atom.